The maximum atomic E-state index is 12.0. The van der Waals surface area contributed by atoms with Gasteiger partial charge in [-0.2, -0.15) is 0 Å². The second kappa shape index (κ2) is 4.82. The maximum absolute atomic E-state index is 12.0. The molecule has 0 aliphatic carbocycles. The lowest BCUT2D eigenvalue weighted by Gasteiger charge is -2.33. The minimum absolute atomic E-state index is 0.0581. The zero-order valence-electron chi connectivity index (χ0n) is 11.3. The van der Waals surface area contributed by atoms with Crippen molar-refractivity contribution >= 4 is 27.4 Å². The highest BCUT2D eigenvalue weighted by Crippen LogP contribution is 2.39. The number of nitrogens with zero attached hydrogens (tertiary/aromatic N) is 3. The van der Waals surface area contributed by atoms with Crippen molar-refractivity contribution < 1.29 is 13.2 Å². The Hall–Kier alpha value is -0.920. The Morgan fingerprint density at radius 2 is 2.10 bits per heavy atom. The van der Waals surface area contributed by atoms with Crippen molar-refractivity contribution in [2.24, 2.45) is 0 Å². The highest BCUT2D eigenvalue weighted by molar-refractivity contribution is 7.91. The van der Waals surface area contributed by atoms with Gasteiger partial charge in [0.15, 0.2) is 9.84 Å². The molecule has 20 heavy (non-hydrogen) atoms. The van der Waals surface area contributed by atoms with E-state index in [1.807, 2.05) is 11.8 Å². The molecule has 0 spiro atoms. The topological polar surface area (TPSA) is 72.4 Å². The molecule has 0 radical (unpaired) electrons. The lowest BCUT2D eigenvalue weighted by atomic mass is 10.2. The fourth-order valence-corrected chi connectivity index (χ4v) is 4.50. The van der Waals surface area contributed by atoms with Crippen LogP contribution in [0.25, 0.3) is 0 Å². The van der Waals surface area contributed by atoms with Gasteiger partial charge in [-0.3, -0.25) is 0 Å². The first-order chi connectivity index (χ1) is 9.40. The standard InChI is InChI=1S/C12H16ClN3O3S/c1-7-5-19-4-3-16(7)12-14-9-6-20(17,18)8(2)10(9)11(13)15-12/h7-8H,3-6H2,1-2H3/t7-,8?/m0/s1. The summed E-state index contributed by atoms with van der Waals surface area (Å²) < 4.78 is 29.3. The molecular formula is C12H16ClN3O3S. The molecule has 0 N–H and O–H groups in total. The van der Waals surface area contributed by atoms with Crippen molar-refractivity contribution in [1.29, 1.82) is 0 Å². The van der Waals surface area contributed by atoms with Crippen molar-refractivity contribution in [1.82, 2.24) is 9.97 Å². The first-order valence-electron chi connectivity index (χ1n) is 6.52. The van der Waals surface area contributed by atoms with E-state index in [9.17, 15) is 8.42 Å². The molecule has 1 aromatic rings. The van der Waals surface area contributed by atoms with E-state index in [0.717, 1.165) is 0 Å². The third-order valence-electron chi connectivity index (χ3n) is 3.87. The van der Waals surface area contributed by atoms with E-state index in [1.54, 1.807) is 6.92 Å². The van der Waals surface area contributed by atoms with Gasteiger partial charge in [-0.05, 0) is 13.8 Å². The van der Waals surface area contributed by atoms with Crippen LogP contribution in [0, 0.1) is 0 Å². The quantitative estimate of drug-likeness (QED) is 0.728. The molecule has 1 saturated heterocycles. The minimum Gasteiger partial charge on any atom is -0.377 e. The van der Waals surface area contributed by atoms with Crippen molar-refractivity contribution in [3.63, 3.8) is 0 Å². The van der Waals surface area contributed by atoms with Crippen LogP contribution in [0.3, 0.4) is 0 Å². The van der Waals surface area contributed by atoms with Gasteiger partial charge in [0, 0.05) is 12.1 Å². The van der Waals surface area contributed by atoms with Crippen LogP contribution in [0.1, 0.15) is 30.4 Å². The number of aromatic nitrogens is 2. The third-order valence-corrected chi connectivity index (χ3v) is 6.15. The van der Waals surface area contributed by atoms with Crippen molar-refractivity contribution in [3.8, 4) is 0 Å². The van der Waals surface area contributed by atoms with E-state index in [-0.39, 0.29) is 16.9 Å². The molecule has 2 atom stereocenters. The van der Waals surface area contributed by atoms with Crippen molar-refractivity contribution in [2.45, 2.75) is 30.9 Å². The molecule has 0 amide bonds. The Kier molecular flexibility index (Phi) is 3.38. The van der Waals surface area contributed by atoms with E-state index in [1.165, 1.54) is 0 Å². The molecular weight excluding hydrogens is 302 g/mol. The molecule has 1 aromatic heterocycles. The van der Waals surface area contributed by atoms with Gasteiger partial charge in [0.05, 0.1) is 36.0 Å². The fourth-order valence-electron chi connectivity index (χ4n) is 2.63. The Balaban J connectivity index is 2.04. The number of anilines is 1. The average molecular weight is 318 g/mol. The van der Waals surface area contributed by atoms with Crippen LogP contribution in [0.5, 0.6) is 0 Å². The predicted octanol–water partition coefficient (Wildman–Crippen LogP) is 1.34. The first kappa shape index (κ1) is 14.0. The zero-order valence-corrected chi connectivity index (χ0v) is 12.9. The molecule has 1 fully saturated rings. The van der Waals surface area contributed by atoms with Gasteiger partial charge >= 0.3 is 0 Å². The van der Waals surface area contributed by atoms with Gasteiger partial charge in [-0.25, -0.2) is 18.4 Å². The lowest BCUT2D eigenvalue weighted by Crippen LogP contribution is -2.44. The van der Waals surface area contributed by atoms with Gasteiger partial charge < -0.3 is 9.64 Å². The van der Waals surface area contributed by atoms with Crippen LogP contribution in [0.2, 0.25) is 5.15 Å². The molecule has 0 saturated carbocycles. The summed E-state index contributed by atoms with van der Waals surface area (Å²) in [6.45, 7) is 5.54. The summed E-state index contributed by atoms with van der Waals surface area (Å²) in [4.78, 5) is 10.7. The number of morpholine rings is 1. The smallest absolute Gasteiger partial charge is 0.227 e. The second-order valence-electron chi connectivity index (χ2n) is 5.24. The van der Waals surface area contributed by atoms with Crippen LogP contribution in [-0.2, 0) is 20.3 Å². The van der Waals surface area contributed by atoms with Gasteiger partial charge in [0.25, 0.3) is 0 Å². The number of rotatable bonds is 1. The third kappa shape index (κ3) is 2.17. The molecule has 110 valence electrons. The van der Waals surface area contributed by atoms with Gasteiger partial charge in [0.2, 0.25) is 5.95 Å². The predicted molar refractivity (Wildman–Crippen MR) is 75.7 cm³/mol. The molecule has 3 rings (SSSR count). The van der Waals surface area contributed by atoms with Crippen molar-refractivity contribution in [2.75, 3.05) is 24.7 Å². The molecule has 0 bridgehead atoms. The monoisotopic (exact) mass is 317 g/mol. The Morgan fingerprint density at radius 1 is 1.35 bits per heavy atom. The maximum Gasteiger partial charge on any atom is 0.227 e. The minimum atomic E-state index is -3.20. The molecule has 8 heteroatoms. The van der Waals surface area contributed by atoms with E-state index in [4.69, 9.17) is 16.3 Å². The van der Waals surface area contributed by atoms with Gasteiger partial charge in [-0.1, -0.05) is 11.6 Å². The zero-order chi connectivity index (χ0) is 14.5. The highest BCUT2D eigenvalue weighted by Gasteiger charge is 2.38. The van der Waals surface area contributed by atoms with Gasteiger partial charge in [-0.15, -0.1) is 0 Å². The van der Waals surface area contributed by atoms with Gasteiger partial charge in [0.1, 0.15) is 5.15 Å². The SMILES string of the molecule is CC1c2c(Cl)nc(N3CCOC[C@@H]3C)nc2CS1(=O)=O. The number of sulfone groups is 1. The molecule has 3 heterocycles. The summed E-state index contributed by atoms with van der Waals surface area (Å²) in [6.07, 6.45) is 0. The average Bonchev–Trinajstić information content (AvgIpc) is 2.60. The largest absolute Gasteiger partial charge is 0.377 e. The molecule has 6 nitrogen and oxygen atoms in total. The molecule has 2 aliphatic rings. The Bertz CT molecular complexity index is 650. The number of hydrogen-bond donors (Lipinski definition) is 0. The number of halogens is 1. The van der Waals surface area contributed by atoms with E-state index >= 15 is 0 Å². The van der Waals surface area contributed by atoms with Crippen molar-refractivity contribution in [3.05, 3.63) is 16.4 Å². The second-order valence-corrected chi connectivity index (χ2v) is 7.92. The molecule has 1 unspecified atom stereocenters. The fraction of sp³-hybridized carbons (Fsp3) is 0.667. The van der Waals surface area contributed by atoms with Crippen LogP contribution >= 0.6 is 11.6 Å². The summed E-state index contributed by atoms with van der Waals surface area (Å²) in [6, 6.07) is 0.147. The van der Waals surface area contributed by atoms with Crippen LogP contribution in [0.15, 0.2) is 0 Å². The van der Waals surface area contributed by atoms with E-state index in [2.05, 4.69) is 9.97 Å². The Morgan fingerprint density at radius 3 is 2.80 bits per heavy atom. The summed E-state index contributed by atoms with van der Waals surface area (Å²) in [5, 5.41) is -0.376. The van der Waals surface area contributed by atoms with Crippen LogP contribution < -0.4 is 4.90 Å². The summed E-state index contributed by atoms with van der Waals surface area (Å²) in [5.74, 6) is 0.436. The summed E-state index contributed by atoms with van der Waals surface area (Å²) >= 11 is 6.19. The van der Waals surface area contributed by atoms with E-state index in [0.29, 0.717) is 37.0 Å². The normalized spacial score (nSPS) is 28.4. The number of ether oxygens (including phenoxy) is 1. The van der Waals surface area contributed by atoms with E-state index < -0.39 is 15.1 Å². The van der Waals surface area contributed by atoms with Crippen LogP contribution in [0.4, 0.5) is 5.95 Å². The molecule has 2 aliphatic heterocycles. The molecule has 0 aromatic carbocycles. The number of fused-ring (bicyclic) bond motifs is 1. The Labute approximate surface area is 123 Å². The van der Waals surface area contributed by atoms with Crippen LogP contribution in [-0.4, -0.2) is 44.2 Å². The lowest BCUT2D eigenvalue weighted by molar-refractivity contribution is 0.0980. The highest BCUT2D eigenvalue weighted by atomic mass is 35.5. The summed E-state index contributed by atoms with van der Waals surface area (Å²) in [7, 11) is -3.20. The summed E-state index contributed by atoms with van der Waals surface area (Å²) in [5.41, 5.74) is 1.09. The number of hydrogen-bond acceptors (Lipinski definition) is 6. The first-order valence-corrected chi connectivity index (χ1v) is 8.62.